The number of hydrogen-bond acceptors (Lipinski definition) is 3. The molecule has 3 heteroatoms. The van der Waals surface area contributed by atoms with Gasteiger partial charge in [0.1, 0.15) is 5.75 Å². The van der Waals surface area contributed by atoms with Gasteiger partial charge in [0, 0.05) is 12.2 Å². The highest BCUT2D eigenvalue weighted by Gasteiger charge is 2.03. The van der Waals surface area contributed by atoms with Crippen molar-refractivity contribution < 1.29 is 4.74 Å². The van der Waals surface area contributed by atoms with Gasteiger partial charge in [-0.05, 0) is 57.1 Å². The number of anilines is 1. The van der Waals surface area contributed by atoms with Crippen LogP contribution >= 0.6 is 0 Å². The Morgan fingerprint density at radius 1 is 1.12 bits per heavy atom. The zero-order valence-corrected chi connectivity index (χ0v) is 10.7. The number of ether oxygens (including phenoxy) is 1. The van der Waals surface area contributed by atoms with Gasteiger partial charge in [-0.25, -0.2) is 0 Å². The van der Waals surface area contributed by atoms with E-state index >= 15 is 0 Å². The number of hydrogen-bond donors (Lipinski definition) is 2. The summed E-state index contributed by atoms with van der Waals surface area (Å²) < 4.78 is 5.29. The van der Waals surface area contributed by atoms with Crippen molar-refractivity contribution in [3.8, 4) is 5.75 Å². The van der Waals surface area contributed by atoms with Crippen molar-refractivity contribution >= 4 is 5.69 Å². The Balaban J connectivity index is 2.63. The molecule has 0 unspecified atom stereocenters. The minimum Gasteiger partial charge on any atom is -0.496 e. The van der Waals surface area contributed by atoms with E-state index in [1.54, 1.807) is 7.11 Å². The van der Waals surface area contributed by atoms with Crippen LogP contribution in [-0.2, 0) is 0 Å². The van der Waals surface area contributed by atoms with E-state index in [1.165, 1.54) is 16.8 Å². The maximum Gasteiger partial charge on any atom is 0.122 e. The van der Waals surface area contributed by atoms with Crippen molar-refractivity contribution in [3.63, 3.8) is 0 Å². The fraction of sp³-hybridized carbons (Fsp3) is 0.538. The normalized spacial score (nSPS) is 10.2. The average Bonchev–Trinajstić information content (AvgIpc) is 2.28. The van der Waals surface area contributed by atoms with Crippen molar-refractivity contribution in [3.05, 3.63) is 23.3 Å². The van der Waals surface area contributed by atoms with Crippen LogP contribution in [0.1, 0.15) is 17.5 Å². The van der Waals surface area contributed by atoms with E-state index in [2.05, 4.69) is 36.6 Å². The molecule has 3 nitrogen and oxygen atoms in total. The van der Waals surface area contributed by atoms with Gasteiger partial charge >= 0.3 is 0 Å². The average molecular weight is 222 g/mol. The third-order valence-electron chi connectivity index (χ3n) is 2.66. The third-order valence-corrected chi connectivity index (χ3v) is 2.66. The second kappa shape index (κ2) is 6.38. The van der Waals surface area contributed by atoms with Gasteiger partial charge in [0.05, 0.1) is 7.11 Å². The van der Waals surface area contributed by atoms with Gasteiger partial charge in [0.25, 0.3) is 0 Å². The van der Waals surface area contributed by atoms with E-state index in [1.807, 2.05) is 7.05 Å². The largest absolute Gasteiger partial charge is 0.496 e. The maximum atomic E-state index is 5.29. The SMILES string of the molecule is CNCCCNc1cc(C)c(OC)cc1C. The van der Waals surface area contributed by atoms with Crippen LogP contribution in [0.3, 0.4) is 0 Å². The Kier molecular flexibility index (Phi) is 5.12. The van der Waals surface area contributed by atoms with Gasteiger partial charge in [0.2, 0.25) is 0 Å². The first-order valence-corrected chi connectivity index (χ1v) is 5.72. The third kappa shape index (κ3) is 3.42. The Hall–Kier alpha value is -1.22. The zero-order valence-electron chi connectivity index (χ0n) is 10.7. The predicted molar refractivity (Wildman–Crippen MR) is 69.5 cm³/mol. The zero-order chi connectivity index (χ0) is 12.0. The molecule has 0 atom stereocenters. The van der Waals surface area contributed by atoms with Crippen LogP contribution < -0.4 is 15.4 Å². The van der Waals surface area contributed by atoms with Crippen LogP contribution in [-0.4, -0.2) is 27.2 Å². The van der Waals surface area contributed by atoms with Crippen LogP contribution in [0.15, 0.2) is 12.1 Å². The molecule has 2 N–H and O–H groups in total. The van der Waals surface area contributed by atoms with E-state index < -0.39 is 0 Å². The molecule has 0 spiro atoms. The molecule has 0 bridgehead atoms. The summed E-state index contributed by atoms with van der Waals surface area (Å²) in [4.78, 5) is 0. The summed E-state index contributed by atoms with van der Waals surface area (Å²) in [5, 5.41) is 6.58. The summed E-state index contributed by atoms with van der Waals surface area (Å²) in [6.45, 7) is 6.20. The van der Waals surface area contributed by atoms with E-state index in [0.717, 1.165) is 25.3 Å². The first-order valence-electron chi connectivity index (χ1n) is 5.72. The highest BCUT2D eigenvalue weighted by molar-refractivity contribution is 5.56. The van der Waals surface area contributed by atoms with Gasteiger partial charge in [-0.2, -0.15) is 0 Å². The van der Waals surface area contributed by atoms with Crippen molar-refractivity contribution in [2.45, 2.75) is 20.3 Å². The fourth-order valence-corrected chi connectivity index (χ4v) is 1.69. The fourth-order valence-electron chi connectivity index (χ4n) is 1.69. The van der Waals surface area contributed by atoms with Gasteiger partial charge in [-0.1, -0.05) is 0 Å². The monoisotopic (exact) mass is 222 g/mol. The summed E-state index contributed by atoms with van der Waals surface area (Å²) >= 11 is 0. The standard InChI is InChI=1S/C13H22N2O/c1-10-9-13(16-4)11(2)8-12(10)15-7-5-6-14-3/h8-9,14-15H,5-7H2,1-4H3. The second-order valence-corrected chi connectivity index (χ2v) is 4.02. The number of methoxy groups -OCH3 is 1. The molecule has 1 aromatic rings. The van der Waals surface area contributed by atoms with Gasteiger partial charge < -0.3 is 15.4 Å². The van der Waals surface area contributed by atoms with Crippen LogP contribution in [0, 0.1) is 13.8 Å². The molecule has 90 valence electrons. The minimum atomic E-state index is 0.957. The van der Waals surface area contributed by atoms with Crippen molar-refractivity contribution in [1.82, 2.24) is 5.32 Å². The molecule has 0 aliphatic rings. The van der Waals surface area contributed by atoms with E-state index in [9.17, 15) is 0 Å². The maximum absolute atomic E-state index is 5.29. The summed E-state index contributed by atoms with van der Waals surface area (Å²) in [6.07, 6.45) is 1.13. The lowest BCUT2D eigenvalue weighted by molar-refractivity contribution is 0.411. The number of benzene rings is 1. The second-order valence-electron chi connectivity index (χ2n) is 4.02. The summed E-state index contributed by atoms with van der Waals surface area (Å²) in [5.41, 5.74) is 3.60. The van der Waals surface area contributed by atoms with Crippen molar-refractivity contribution in [2.75, 3.05) is 32.6 Å². The molecule has 0 amide bonds. The Bertz CT molecular complexity index is 337. The van der Waals surface area contributed by atoms with Crippen molar-refractivity contribution in [2.24, 2.45) is 0 Å². The lowest BCUT2D eigenvalue weighted by atomic mass is 10.1. The molecule has 0 aromatic heterocycles. The highest BCUT2D eigenvalue weighted by atomic mass is 16.5. The molecule has 1 rings (SSSR count). The summed E-state index contributed by atoms with van der Waals surface area (Å²) in [6, 6.07) is 4.23. The van der Waals surface area contributed by atoms with E-state index in [0.29, 0.717) is 0 Å². The van der Waals surface area contributed by atoms with Crippen LogP contribution in [0.5, 0.6) is 5.75 Å². The molecule has 0 radical (unpaired) electrons. The summed E-state index contributed by atoms with van der Waals surface area (Å²) in [7, 11) is 3.69. The topological polar surface area (TPSA) is 33.3 Å². The van der Waals surface area contributed by atoms with Crippen molar-refractivity contribution in [1.29, 1.82) is 0 Å². The number of rotatable bonds is 6. The van der Waals surface area contributed by atoms with Gasteiger partial charge in [-0.3, -0.25) is 0 Å². The van der Waals surface area contributed by atoms with Crippen LogP contribution in [0.2, 0.25) is 0 Å². The van der Waals surface area contributed by atoms with Crippen LogP contribution in [0.25, 0.3) is 0 Å². The smallest absolute Gasteiger partial charge is 0.122 e. The van der Waals surface area contributed by atoms with E-state index in [4.69, 9.17) is 4.74 Å². The predicted octanol–water partition coefficient (Wildman–Crippen LogP) is 2.33. The minimum absolute atomic E-state index is 0.957. The highest BCUT2D eigenvalue weighted by Crippen LogP contribution is 2.25. The quantitative estimate of drug-likeness (QED) is 0.725. The molecule has 0 fully saturated rings. The Labute approximate surface area is 98.2 Å². The van der Waals surface area contributed by atoms with Gasteiger partial charge in [-0.15, -0.1) is 0 Å². The van der Waals surface area contributed by atoms with E-state index in [-0.39, 0.29) is 0 Å². The molecular formula is C13H22N2O. The number of nitrogens with one attached hydrogen (secondary N) is 2. The summed E-state index contributed by atoms with van der Waals surface area (Å²) in [5.74, 6) is 0.957. The molecule has 0 aliphatic carbocycles. The lowest BCUT2D eigenvalue weighted by Crippen LogP contribution is -2.13. The first-order chi connectivity index (χ1) is 7.69. The molecule has 16 heavy (non-hydrogen) atoms. The Morgan fingerprint density at radius 3 is 2.50 bits per heavy atom. The molecule has 0 heterocycles. The Morgan fingerprint density at radius 2 is 1.88 bits per heavy atom. The molecule has 0 saturated heterocycles. The molecule has 1 aromatic carbocycles. The van der Waals surface area contributed by atoms with Gasteiger partial charge in [0.15, 0.2) is 0 Å². The number of aryl methyl sites for hydroxylation is 2. The molecule has 0 saturated carbocycles. The molecule has 0 aliphatic heterocycles. The van der Waals surface area contributed by atoms with Crippen LogP contribution in [0.4, 0.5) is 5.69 Å². The molecular weight excluding hydrogens is 200 g/mol. The lowest BCUT2D eigenvalue weighted by Gasteiger charge is -2.13. The first kappa shape index (κ1) is 12.8.